The van der Waals surface area contributed by atoms with Crippen molar-refractivity contribution in [1.29, 1.82) is 0 Å². The molecule has 0 saturated carbocycles. The fourth-order valence-corrected chi connectivity index (χ4v) is 3.09. The maximum absolute atomic E-state index is 13.6. The van der Waals surface area contributed by atoms with Crippen LogP contribution in [-0.4, -0.2) is 8.42 Å². The summed E-state index contributed by atoms with van der Waals surface area (Å²) in [5, 5.41) is 0.301. The van der Waals surface area contributed by atoms with Crippen LogP contribution in [0, 0.1) is 11.6 Å². The maximum Gasteiger partial charge on any atom is 0.264 e. The summed E-state index contributed by atoms with van der Waals surface area (Å²) in [5.74, 6) is -2.32. The van der Waals surface area contributed by atoms with Crippen LogP contribution in [-0.2, 0) is 10.0 Å². The number of halogens is 4. The Hall–Kier alpha value is -1.57. The predicted octanol–water partition coefficient (Wildman–Crippen LogP) is 3.65. The van der Waals surface area contributed by atoms with Gasteiger partial charge in [-0.3, -0.25) is 4.72 Å². The van der Waals surface area contributed by atoms with Crippen molar-refractivity contribution in [3.05, 3.63) is 52.0 Å². The number of hydrogen-bond donors (Lipinski definition) is 2. The number of nitrogen functional groups attached to an aromatic ring is 1. The minimum absolute atomic E-state index is 0.0357. The highest BCUT2D eigenvalue weighted by Gasteiger charge is 2.22. The van der Waals surface area contributed by atoms with Gasteiger partial charge in [0.15, 0.2) is 0 Å². The van der Waals surface area contributed by atoms with Gasteiger partial charge in [0.2, 0.25) is 0 Å². The van der Waals surface area contributed by atoms with Crippen molar-refractivity contribution in [2.24, 2.45) is 0 Å². The van der Waals surface area contributed by atoms with Gasteiger partial charge in [-0.15, -0.1) is 0 Å². The first kappa shape index (κ1) is 15.8. The van der Waals surface area contributed by atoms with Crippen molar-refractivity contribution in [3.63, 3.8) is 0 Å². The quantitative estimate of drug-likeness (QED) is 0.828. The predicted molar refractivity (Wildman–Crippen MR) is 78.0 cm³/mol. The zero-order valence-electron chi connectivity index (χ0n) is 10.2. The fourth-order valence-electron chi connectivity index (χ4n) is 1.53. The number of nitrogens with one attached hydrogen (secondary N) is 1. The van der Waals surface area contributed by atoms with E-state index in [-0.39, 0.29) is 15.7 Å². The Bertz CT molecular complexity index is 813. The molecular weight excluding hydrogens is 345 g/mol. The molecule has 3 N–H and O–H groups in total. The van der Waals surface area contributed by atoms with Crippen LogP contribution in [0.4, 0.5) is 20.2 Å². The van der Waals surface area contributed by atoms with Gasteiger partial charge >= 0.3 is 0 Å². The minimum atomic E-state index is -4.34. The first-order valence-electron chi connectivity index (χ1n) is 5.43. The Labute approximate surface area is 129 Å². The molecule has 0 heterocycles. The Morgan fingerprint density at radius 2 is 1.71 bits per heavy atom. The third-order valence-electron chi connectivity index (χ3n) is 2.51. The smallest absolute Gasteiger partial charge is 0.264 e. The molecule has 112 valence electrons. The van der Waals surface area contributed by atoms with E-state index < -0.39 is 32.2 Å². The third-order valence-corrected chi connectivity index (χ3v) is 4.46. The lowest BCUT2D eigenvalue weighted by molar-refractivity contribution is 0.553. The lowest BCUT2D eigenvalue weighted by Gasteiger charge is -2.11. The Morgan fingerprint density at radius 3 is 2.38 bits per heavy atom. The largest absolute Gasteiger partial charge is 0.396 e. The van der Waals surface area contributed by atoms with Gasteiger partial charge in [0.1, 0.15) is 16.5 Å². The normalized spacial score (nSPS) is 11.4. The van der Waals surface area contributed by atoms with E-state index in [1.165, 1.54) is 18.2 Å². The van der Waals surface area contributed by atoms with Crippen molar-refractivity contribution in [2.45, 2.75) is 4.90 Å². The Morgan fingerprint density at radius 1 is 1.05 bits per heavy atom. The second kappa shape index (κ2) is 5.67. The number of hydrogen-bond acceptors (Lipinski definition) is 3. The zero-order chi connectivity index (χ0) is 15.8. The monoisotopic (exact) mass is 352 g/mol. The van der Waals surface area contributed by atoms with Crippen molar-refractivity contribution in [3.8, 4) is 0 Å². The van der Waals surface area contributed by atoms with E-state index in [0.29, 0.717) is 12.1 Å². The van der Waals surface area contributed by atoms with Gasteiger partial charge in [0, 0.05) is 11.1 Å². The molecule has 0 aliphatic carbocycles. The lowest BCUT2D eigenvalue weighted by Crippen LogP contribution is -2.15. The van der Waals surface area contributed by atoms with Crippen LogP contribution >= 0.6 is 23.2 Å². The summed E-state index contributed by atoms with van der Waals surface area (Å²) >= 11 is 11.6. The van der Waals surface area contributed by atoms with Crippen molar-refractivity contribution in [1.82, 2.24) is 0 Å². The molecule has 0 atom stereocenters. The summed E-state index contributed by atoms with van der Waals surface area (Å²) in [6.07, 6.45) is 0. The number of nitrogens with two attached hydrogens (primary N) is 1. The summed E-state index contributed by atoms with van der Waals surface area (Å²) in [6, 6.07) is 5.16. The van der Waals surface area contributed by atoms with Crippen LogP contribution in [0.2, 0.25) is 10.0 Å². The maximum atomic E-state index is 13.6. The molecule has 0 fully saturated rings. The molecule has 0 unspecified atom stereocenters. The van der Waals surface area contributed by atoms with E-state index in [1.54, 1.807) is 0 Å². The van der Waals surface area contributed by atoms with Gasteiger partial charge in [-0.25, -0.2) is 17.2 Å². The molecule has 0 spiro atoms. The number of anilines is 2. The summed E-state index contributed by atoms with van der Waals surface area (Å²) in [4.78, 5) is -0.794. The standard InChI is InChI=1S/C12H8Cl2F2N2O2S/c13-6-1-2-7(14)11(3-6)18-21(19,20)12-5-10(17)8(15)4-9(12)16/h1-5,18H,17H2. The van der Waals surface area contributed by atoms with E-state index in [2.05, 4.69) is 4.72 Å². The highest BCUT2D eigenvalue weighted by molar-refractivity contribution is 7.92. The van der Waals surface area contributed by atoms with Crippen LogP contribution in [0.5, 0.6) is 0 Å². The van der Waals surface area contributed by atoms with Crippen LogP contribution in [0.15, 0.2) is 35.2 Å². The molecular formula is C12H8Cl2F2N2O2S. The third kappa shape index (κ3) is 3.37. The van der Waals surface area contributed by atoms with E-state index in [0.717, 1.165) is 0 Å². The van der Waals surface area contributed by atoms with Crippen molar-refractivity contribution < 1.29 is 17.2 Å². The number of benzene rings is 2. The highest BCUT2D eigenvalue weighted by atomic mass is 35.5. The molecule has 0 amide bonds. The first-order valence-corrected chi connectivity index (χ1v) is 7.67. The second-order valence-electron chi connectivity index (χ2n) is 4.03. The van der Waals surface area contributed by atoms with E-state index in [9.17, 15) is 17.2 Å². The molecule has 0 aliphatic heterocycles. The molecule has 0 radical (unpaired) electrons. The van der Waals surface area contributed by atoms with Gasteiger partial charge in [0.05, 0.1) is 16.4 Å². The van der Waals surface area contributed by atoms with Gasteiger partial charge < -0.3 is 5.73 Å². The number of rotatable bonds is 3. The molecule has 0 saturated heterocycles. The molecule has 0 bridgehead atoms. The topological polar surface area (TPSA) is 72.2 Å². The van der Waals surface area contributed by atoms with Crippen LogP contribution in [0.1, 0.15) is 0 Å². The van der Waals surface area contributed by atoms with Crippen molar-refractivity contribution in [2.75, 3.05) is 10.5 Å². The van der Waals surface area contributed by atoms with Crippen molar-refractivity contribution >= 4 is 44.6 Å². The molecule has 0 aromatic heterocycles. The van der Waals surface area contributed by atoms with E-state index in [4.69, 9.17) is 28.9 Å². The van der Waals surface area contributed by atoms with E-state index >= 15 is 0 Å². The molecule has 2 aromatic carbocycles. The summed E-state index contributed by atoms with van der Waals surface area (Å²) in [5.41, 5.74) is 4.73. The molecule has 4 nitrogen and oxygen atoms in total. The van der Waals surface area contributed by atoms with Gasteiger partial charge in [-0.1, -0.05) is 23.2 Å². The van der Waals surface area contributed by atoms with Crippen LogP contribution < -0.4 is 10.5 Å². The summed E-state index contributed by atoms with van der Waals surface area (Å²) in [7, 11) is -4.34. The fraction of sp³-hybridized carbons (Fsp3) is 0. The van der Waals surface area contributed by atoms with Gasteiger partial charge in [-0.2, -0.15) is 0 Å². The minimum Gasteiger partial charge on any atom is -0.396 e. The Balaban J connectivity index is 2.48. The molecule has 0 aliphatic rings. The molecule has 2 rings (SSSR count). The van der Waals surface area contributed by atoms with Gasteiger partial charge in [-0.05, 0) is 24.3 Å². The van der Waals surface area contributed by atoms with Crippen LogP contribution in [0.25, 0.3) is 0 Å². The molecule has 9 heteroatoms. The second-order valence-corrected chi connectivity index (χ2v) is 6.53. The molecule has 21 heavy (non-hydrogen) atoms. The SMILES string of the molecule is Nc1cc(S(=O)(=O)Nc2cc(Cl)ccc2Cl)c(F)cc1F. The zero-order valence-corrected chi connectivity index (χ0v) is 12.5. The van der Waals surface area contributed by atoms with Gasteiger partial charge in [0.25, 0.3) is 10.0 Å². The highest BCUT2D eigenvalue weighted by Crippen LogP contribution is 2.29. The summed E-state index contributed by atoms with van der Waals surface area (Å²) < 4.78 is 53.0. The van der Waals surface area contributed by atoms with E-state index in [1.807, 2.05) is 0 Å². The van der Waals surface area contributed by atoms with Crippen LogP contribution in [0.3, 0.4) is 0 Å². The average Bonchev–Trinajstić information content (AvgIpc) is 2.37. The summed E-state index contributed by atoms with van der Waals surface area (Å²) in [6.45, 7) is 0. The lowest BCUT2D eigenvalue weighted by atomic mass is 10.3. The number of sulfonamides is 1. The first-order chi connectivity index (χ1) is 9.70. The molecule has 2 aromatic rings. The Kier molecular flexibility index (Phi) is 4.27. The average molecular weight is 353 g/mol.